The Morgan fingerprint density at radius 1 is 1.42 bits per heavy atom. The number of nitrogens with one attached hydrogen (secondary N) is 1. The number of hydrogen-bond donors (Lipinski definition) is 2. The summed E-state index contributed by atoms with van der Waals surface area (Å²) >= 11 is 0. The molecule has 0 bridgehead atoms. The molecular formula is C12H24N4O3. The highest BCUT2D eigenvalue weighted by Gasteiger charge is 2.05. The minimum atomic E-state index is -0.539. The second-order valence-electron chi connectivity index (χ2n) is 4.61. The smallest absolute Gasteiger partial charge is 0.164 e. The van der Waals surface area contributed by atoms with Gasteiger partial charge < -0.3 is 19.9 Å². The van der Waals surface area contributed by atoms with Crippen molar-refractivity contribution in [1.82, 2.24) is 20.1 Å². The number of nitrogens with zero attached hydrogens (tertiary/aromatic N) is 3. The molecule has 1 unspecified atom stereocenters. The van der Waals surface area contributed by atoms with Crippen LogP contribution in [0.5, 0.6) is 0 Å². The van der Waals surface area contributed by atoms with E-state index < -0.39 is 6.10 Å². The highest BCUT2D eigenvalue weighted by atomic mass is 16.5. The molecule has 0 spiro atoms. The lowest BCUT2D eigenvalue weighted by atomic mass is 10.4. The van der Waals surface area contributed by atoms with Crippen molar-refractivity contribution in [3.63, 3.8) is 0 Å². The fraction of sp³-hybridized carbons (Fsp3) is 0.833. The Labute approximate surface area is 113 Å². The van der Waals surface area contributed by atoms with Gasteiger partial charge in [-0.1, -0.05) is 0 Å². The summed E-state index contributed by atoms with van der Waals surface area (Å²) in [6.07, 6.45) is 1.31. The third-order valence-corrected chi connectivity index (χ3v) is 2.30. The first-order valence-corrected chi connectivity index (χ1v) is 6.50. The Bertz CT molecular complexity index is 343. The van der Waals surface area contributed by atoms with E-state index in [0.29, 0.717) is 38.7 Å². The summed E-state index contributed by atoms with van der Waals surface area (Å²) in [5, 5.41) is 16.9. The molecule has 0 saturated heterocycles. The third-order valence-electron chi connectivity index (χ3n) is 2.30. The average Bonchev–Trinajstić information content (AvgIpc) is 2.74. The van der Waals surface area contributed by atoms with Gasteiger partial charge >= 0.3 is 0 Å². The van der Waals surface area contributed by atoms with Crippen LogP contribution in [0.25, 0.3) is 0 Å². The molecule has 1 aromatic heterocycles. The van der Waals surface area contributed by atoms with Gasteiger partial charge in [-0.3, -0.25) is 4.68 Å². The molecule has 0 radical (unpaired) electrons. The maximum atomic E-state index is 9.67. The Kier molecular flexibility index (Phi) is 7.57. The second-order valence-corrected chi connectivity index (χ2v) is 4.61. The maximum absolute atomic E-state index is 9.67. The molecule has 0 saturated carbocycles. The van der Waals surface area contributed by atoms with Gasteiger partial charge in [0.2, 0.25) is 0 Å². The lowest BCUT2D eigenvalue weighted by Crippen LogP contribution is -2.31. The summed E-state index contributed by atoms with van der Waals surface area (Å²) in [4.78, 5) is 4.08. The minimum Gasteiger partial charge on any atom is -0.389 e. The predicted molar refractivity (Wildman–Crippen MR) is 70.6 cm³/mol. The van der Waals surface area contributed by atoms with E-state index in [0.717, 1.165) is 0 Å². The topological polar surface area (TPSA) is 81.4 Å². The van der Waals surface area contributed by atoms with Crippen molar-refractivity contribution in [2.75, 3.05) is 26.4 Å². The van der Waals surface area contributed by atoms with Crippen molar-refractivity contribution < 1.29 is 14.6 Å². The largest absolute Gasteiger partial charge is 0.389 e. The van der Waals surface area contributed by atoms with Crippen LogP contribution in [0.4, 0.5) is 0 Å². The van der Waals surface area contributed by atoms with Crippen molar-refractivity contribution in [1.29, 1.82) is 0 Å². The molecule has 0 aliphatic carbocycles. The molecule has 1 aromatic rings. The van der Waals surface area contributed by atoms with Crippen LogP contribution in [0.1, 0.15) is 19.7 Å². The fourth-order valence-electron chi connectivity index (χ4n) is 1.44. The number of aliphatic hydroxyl groups excluding tert-OH is 1. The molecule has 1 atom stereocenters. The highest BCUT2D eigenvalue weighted by Crippen LogP contribution is 1.90. The van der Waals surface area contributed by atoms with Gasteiger partial charge in [-0.05, 0) is 13.8 Å². The first kappa shape index (κ1) is 16.0. The summed E-state index contributed by atoms with van der Waals surface area (Å²) in [6, 6.07) is 0. The lowest BCUT2D eigenvalue weighted by molar-refractivity contribution is -0.0100. The van der Waals surface area contributed by atoms with Gasteiger partial charge in [0.1, 0.15) is 6.33 Å². The van der Waals surface area contributed by atoms with Gasteiger partial charge in [-0.25, -0.2) is 4.98 Å². The summed E-state index contributed by atoms with van der Waals surface area (Å²) in [5.74, 6) is 0.709. The van der Waals surface area contributed by atoms with E-state index in [1.807, 2.05) is 20.9 Å². The zero-order chi connectivity index (χ0) is 14.1. The molecular weight excluding hydrogens is 248 g/mol. The van der Waals surface area contributed by atoms with Crippen LogP contribution in [0, 0.1) is 0 Å². The fourth-order valence-corrected chi connectivity index (χ4v) is 1.44. The second kappa shape index (κ2) is 8.98. The van der Waals surface area contributed by atoms with Crippen LogP contribution in [0.3, 0.4) is 0 Å². The van der Waals surface area contributed by atoms with Gasteiger partial charge in [-0.15, -0.1) is 0 Å². The molecule has 0 aromatic carbocycles. The summed E-state index contributed by atoms with van der Waals surface area (Å²) in [7, 11) is 1.82. The number of hydrogen-bond acceptors (Lipinski definition) is 6. The SMILES string of the molecule is CC(C)OCCOCC(O)CNCc1ncn(C)n1. The number of aromatic nitrogens is 3. The standard InChI is InChI=1S/C12H24N4O3/c1-10(2)19-5-4-18-8-11(17)6-13-7-12-14-9-16(3)15-12/h9-11,13,17H,4-8H2,1-3H3. The van der Waals surface area contributed by atoms with Crippen LogP contribution in [-0.4, -0.2) is 58.4 Å². The average molecular weight is 272 g/mol. The van der Waals surface area contributed by atoms with Crippen molar-refractivity contribution >= 4 is 0 Å². The number of rotatable bonds is 10. The van der Waals surface area contributed by atoms with Crippen LogP contribution in [0.15, 0.2) is 6.33 Å². The van der Waals surface area contributed by atoms with E-state index >= 15 is 0 Å². The highest BCUT2D eigenvalue weighted by molar-refractivity contribution is 4.80. The molecule has 7 nitrogen and oxygen atoms in total. The van der Waals surface area contributed by atoms with Crippen LogP contribution >= 0.6 is 0 Å². The Balaban J connectivity index is 1.97. The van der Waals surface area contributed by atoms with Gasteiger partial charge in [-0.2, -0.15) is 5.10 Å². The van der Waals surface area contributed by atoms with Crippen LogP contribution in [0.2, 0.25) is 0 Å². The van der Waals surface area contributed by atoms with E-state index in [-0.39, 0.29) is 6.10 Å². The van der Waals surface area contributed by atoms with Crippen LogP contribution in [-0.2, 0) is 23.1 Å². The summed E-state index contributed by atoms with van der Waals surface area (Å²) in [6.45, 7) is 6.28. The van der Waals surface area contributed by atoms with Crippen LogP contribution < -0.4 is 5.32 Å². The summed E-state index contributed by atoms with van der Waals surface area (Å²) in [5.41, 5.74) is 0. The molecule has 1 rings (SSSR count). The molecule has 2 N–H and O–H groups in total. The first-order valence-electron chi connectivity index (χ1n) is 6.50. The molecule has 1 heterocycles. The van der Waals surface area contributed by atoms with Gasteiger partial charge in [0.15, 0.2) is 5.82 Å². The molecule has 0 amide bonds. The monoisotopic (exact) mass is 272 g/mol. The molecule has 110 valence electrons. The minimum absolute atomic E-state index is 0.209. The zero-order valence-electron chi connectivity index (χ0n) is 11.9. The van der Waals surface area contributed by atoms with Gasteiger partial charge in [0, 0.05) is 13.6 Å². The molecule has 0 fully saturated rings. The Hall–Kier alpha value is -1.02. The normalized spacial score (nSPS) is 13.1. The van der Waals surface area contributed by atoms with Crippen molar-refractivity contribution in [2.24, 2.45) is 7.05 Å². The van der Waals surface area contributed by atoms with E-state index in [9.17, 15) is 5.11 Å². The first-order chi connectivity index (χ1) is 9.08. The van der Waals surface area contributed by atoms with E-state index in [1.165, 1.54) is 0 Å². The zero-order valence-corrected chi connectivity index (χ0v) is 11.9. The van der Waals surface area contributed by atoms with E-state index in [2.05, 4.69) is 15.4 Å². The molecule has 0 aliphatic heterocycles. The van der Waals surface area contributed by atoms with Crippen molar-refractivity contribution in [2.45, 2.75) is 32.6 Å². The molecule has 7 heteroatoms. The lowest BCUT2D eigenvalue weighted by Gasteiger charge is -2.12. The van der Waals surface area contributed by atoms with Gasteiger partial charge in [0.05, 0.1) is 38.6 Å². The Morgan fingerprint density at radius 3 is 2.84 bits per heavy atom. The van der Waals surface area contributed by atoms with E-state index in [1.54, 1.807) is 11.0 Å². The van der Waals surface area contributed by atoms with Crippen molar-refractivity contribution in [3.05, 3.63) is 12.2 Å². The number of aliphatic hydroxyl groups is 1. The molecule has 0 aliphatic rings. The van der Waals surface area contributed by atoms with Crippen molar-refractivity contribution in [3.8, 4) is 0 Å². The number of aryl methyl sites for hydroxylation is 1. The van der Waals surface area contributed by atoms with E-state index in [4.69, 9.17) is 9.47 Å². The third kappa shape index (κ3) is 7.89. The number of ether oxygens (including phenoxy) is 2. The molecule has 19 heavy (non-hydrogen) atoms. The summed E-state index contributed by atoms with van der Waals surface area (Å²) < 4.78 is 12.3. The quantitative estimate of drug-likeness (QED) is 0.570. The Morgan fingerprint density at radius 2 is 2.21 bits per heavy atom. The maximum Gasteiger partial charge on any atom is 0.164 e. The predicted octanol–water partition coefficient (Wildman–Crippen LogP) is -0.293. The van der Waals surface area contributed by atoms with Gasteiger partial charge in [0.25, 0.3) is 0 Å².